The number of anilines is 1. The van der Waals surface area contributed by atoms with Crippen molar-refractivity contribution in [1.29, 1.82) is 0 Å². The molecule has 0 fully saturated rings. The standard InChI is InChI=1S/C13H21N3S/c1-13(2,3)10-4-6-16(7-5-10)8-11-9-17-12(14)15-11/h4,9H,5-8H2,1-3H3,(H2,14,15). The number of hydrogen-bond acceptors (Lipinski definition) is 4. The molecule has 0 atom stereocenters. The van der Waals surface area contributed by atoms with Crippen LogP contribution in [0.2, 0.25) is 0 Å². The maximum absolute atomic E-state index is 5.64. The van der Waals surface area contributed by atoms with Gasteiger partial charge in [0.15, 0.2) is 5.13 Å². The highest BCUT2D eigenvalue weighted by atomic mass is 32.1. The minimum Gasteiger partial charge on any atom is -0.375 e. The molecular formula is C13H21N3S. The summed E-state index contributed by atoms with van der Waals surface area (Å²) in [5.41, 5.74) is 8.63. The molecule has 2 heterocycles. The number of nitrogen functional groups attached to an aromatic ring is 1. The molecule has 94 valence electrons. The molecule has 0 saturated carbocycles. The maximum atomic E-state index is 5.64. The van der Waals surface area contributed by atoms with E-state index in [0.29, 0.717) is 10.5 Å². The summed E-state index contributed by atoms with van der Waals surface area (Å²) in [6.07, 6.45) is 3.54. The normalized spacial score (nSPS) is 18.2. The van der Waals surface area contributed by atoms with E-state index in [4.69, 9.17) is 5.73 Å². The van der Waals surface area contributed by atoms with Gasteiger partial charge in [-0.1, -0.05) is 32.4 Å². The van der Waals surface area contributed by atoms with Gasteiger partial charge in [-0.2, -0.15) is 0 Å². The summed E-state index contributed by atoms with van der Waals surface area (Å²) in [4.78, 5) is 6.73. The number of thiazole rings is 1. The highest BCUT2D eigenvalue weighted by Crippen LogP contribution is 2.30. The minimum atomic E-state index is 0.317. The average molecular weight is 251 g/mol. The third-order valence-electron chi connectivity index (χ3n) is 3.21. The van der Waals surface area contributed by atoms with E-state index in [1.54, 1.807) is 5.57 Å². The molecule has 2 rings (SSSR count). The lowest BCUT2D eigenvalue weighted by Crippen LogP contribution is -2.31. The lowest BCUT2D eigenvalue weighted by Gasteiger charge is -2.31. The van der Waals surface area contributed by atoms with E-state index in [-0.39, 0.29) is 0 Å². The van der Waals surface area contributed by atoms with Gasteiger partial charge in [-0.3, -0.25) is 4.90 Å². The largest absolute Gasteiger partial charge is 0.375 e. The molecule has 0 bridgehead atoms. The van der Waals surface area contributed by atoms with Gasteiger partial charge >= 0.3 is 0 Å². The fourth-order valence-corrected chi connectivity index (χ4v) is 2.71. The first-order valence-corrected chi connectivity index (χ1v) is 6.95. The quantitative estimate of drug-likeness (QED) is 0.822. The Morgan fingerprint density at radius 1 is 1.47 bits per heavy atom. The van der Waals surface area contributed by atoms with Crippen LogP contribution >= 0.6 is 11.3 Å². The molecule has 1 aliphatic heterocycles. The Hall–Kier alpha value is -0.870. The Labute approximate surface area is 107 Å². The van der Waals surface area contributed by atoms with Crippen LogP contribution in [0.25, 0.3) is 0 Å². The lowest BCUT2D eigenvalue weighted by molar-refractivity contribution is 0.269. The molecule has 2 N–H and O–H groups in total. The number of nitrogens with two attached hydrogens (primary N) is 1. The molecule has 0 amide bonds. The Kier molecular flexibility index (Phi) is 3.54. The molecule has 0 aliphatic carbocycles. The summed E-state index contributed by atoms with van der Waals surface area (Å²) < 4.78 is 0. The summed E-state index contributed by atoms with van der Waals surface area (Å²) in [7, 11) is 0. The van der Waals surface area contributed by atoms with Crippen molar-refractivity contribution in [1.82, 2.24) is 9.88 Å². The monoisotopic (exact) mass is 251 g/mol. The van der Waals surface area contributed by atoms with Crippen LogP contribution in [0.5, 0.6) is 0 Å². The van der Waals surface area contributed by atoms with Gasteiger partial charge in [-0.25, -0.2) is 4.98 Å². The third-order valence-corrected chi connectivity index (χ3v) is 3.93. The van der Waals surface area contributed by atoms with E-state index in [0.717, 1.165) is 25.3 Å². The second kappa shape index (κ2) is 4.78. The fraction of sp³-hybridized carbons (Fsp3) is 0.615. The van der Waals surface area contributed by atoms with Gasteiger partial charge in [0.1, 0.15) is 0 Å². The Morgan fingerprint density at radius 3 is 2.71 bits per heavy atom. The van der Waals surface area contributed by atoms with Gasteiger partial charge < -0.3 is 5.73 Å². The lowest BCUT2D eigenvalue weighted by atomic mass is 9.83. The van der Waals surface area contributed by atoms with Crippen molar-refractivity contribution in [2.24, 2.45) is 5.41 Å². The molecule has 1 aromatic heterocycles. The summed E-state index contributed by atoms with van der Waals surface area (Å²) in [6.45, 7) is 9.94. The molecule has 4 heteroatoms. The van der Waals surface area contributed by atoms with Crippen LogP contribution in [0.15, 0.2) is 17.0 Å². The molecule has 0 unspecified atom stereocenters. The van der Waals surface area contributed by atoms with E-state index in [1.165, 1.54) is 17.8 Å². The van der Waals surface area contributed by atoms with Crippen LogP contribution in [0, 0.1) is 5.41 Å². The first-order valence-electron chi connectivity index (χ1n) is 6.07. The fourth-order valence-electron chi connectivity index (χ4n) is 2.16. The van der Waals surface area contributed by atoms with Gasteiger partial charge in [0.2, 0.25) is 0 Å². The molecule has 0 radical (unpaired) electrons. The van der Waals surface area contributed by atoms with Crippen molar-refractivity contribution in [2.75, 3.05) is 18.8 Å². The first kappa shape index (κ1) is 12.6. The van der Waals surface area contributed by atoms with Gasteiger partial charge in [-0.05, 0) is 11.8 Å². The second-order valence-electron chi connectivity index (χ2n) is 5.64. The minimum absolute atomic E-state index is 0.317. The van der Waals surface area contributed by atoms with Crippen LogP contribution < -0.4 is 5.73 Å². The van der Waals surface area contributed by atoms with Crippen molar-refractivity contribution in [3.63, 3.8) is 0 Å². The van der Waals surface area contributed by atoms with Crippen molar-refractivity contribution >= 4 is 16.5 Å². The van der Waals surface area contributed by atoms with E-state index >= 15 is 0 Å². The SMILES string of the molecule is CC(C)(C)C1=CCN(Cc2csc(N)n2)CC1. The predicted molar refractivity (Wildman–Crippen MR) is 74.0 cm³/mol. The zero-order chi connectivity index (χ0) is 12.5. The summed E-state index contributed by atoms with van der Waals surface area (Å²) in [6, 6.07) is 0. The summed E-state index contributed by atoms with van der Waals surface area (Å²) in [5.74, 6) is 0. The summed E-state index contributed by atoms with van der Waals surface area (Å²) in [5, 5.41) is 2.72. The number of aromatic nitrogens is 1. The van der Waals surface area contributed by atoms with Gasteiger partial charge in [0, 0.05) is 25.0 Å². The van der Waals surface area contributed by atoms with E-state index in [9.17, 15) is 0 Å². The number of rotatable bonds is 2. The zero-order valence-electron chi connectivity index (χ0n) is 10.9. The van der Waals surface area contributed by atoms with Crippen LogP contribution in [-0.2, 0) is 6.54 Å². The third kappa shape index (κ3) is 3.30. The van der Waals surface area contributed by atoms with Crippen molar-refractivity contribution < 1.29 is 0 Å². The number of nitrogens with zero attached hydrogens (tertiary/aromatic N) is 2. The Bertz CT molecular complexity index is 415. The average Bonchev–Trinajstić information content (AvgIpc) is 2.63. The predicted octanol–water partition coefficient (Wildman–Crippen LogP) is 2.90. The van der Waals surface area contributed by atoms with Crippen LogP contribution in [0.1, 0.15) is 32.9 Å². The topological polar surface area (TPSA) is 42.1 Å². The van der Waals surface area contributed by atoms with E-state index < -0.39 is 0 Å². The molecule has 0 saturated heterocycles. The van der Waals surface area contributed by atoms with Crippen LogP contribution in [-0.4, -0.2) is 23.0 Å². The molecular weight excluding hydrogens is 230 g/mol. The van der Waals surface area contributed by atoms with E-state index in [1.807, 2.05) is 0 Å². The molecule has 1 aliphatic rings. The Morgan fingerprint density at radius 2 is 2.24 bits per heavy atom. The zero-order valence-corrected chi connectivity index (χ0v) is 11.7. The van der Waals surface area contributed by atoms with Gasteiger partial charge in [0.25, 0.3) is 0 Å². The van der Waals surface area contributed by atoms with Gasteiger partial charge in [0.05, 0.1) is 5.69 Å². The van der Waals surface area contributed by atoms with Crippen molar-refractivity contribution in [3.05, 3.63) is 22.7 Å². The van der Waals surface area contributed by atoms with Crippen LogP contribution in [0.4, 0.5) is 5.13 Å². The van der Waals surface area contributed by atoms with E-state index in [2.05, 4.69) is 42.1 Å². The Balaban J connectivity index is 1.93. The second-order valence-corrected chi connectivity index (χ2v) is 6.53. The first-order chi connectivity index (χ1) is 7.95. The molecule has 3 nitrogen and oxygen atoms in total. The molecule has 0 spiro atoms. The van der Waals surface area contributed by atoms with Crippen LogP contribution in [0.3, 0.4) is 0 Å². The van der Waals surface area contributed by atoms with Crippen molar-refractivity contribution in [3.8, 4) is 0 Å². The number of hydrogen-bond donors (Lipinski definition) is 1. The highest BCUT2D eigenvalue weighted by molar-refractivity contribution is 7.13. The molecule has 17 heavy (non-hydrogen) atoms. The highest BCUT2D eigenvalue weighted by Gasteiger charge is 2.21. The smallest absolute Gasteiger partial charge is 0.180 e. The maximum Gasteiger partial charge on any atom is 0.180 e. The van der Waals surface area contributed by atoms with Gasteiger partial charge in [-0.15, -0.1) is 11.3 Å². The summed E-state index contributed by atoms with van der Waals surface area (Å²) >= 11 is 1.52. The van der Waals surface area contributed by atoms with Crippen molar-refractivity contribution in [2.45, 2.75) is 33.7 Å². The molecule has 1 aromatic rings. The molecule has 0 aromatic carbocycles.